The Morgan fingerprint density at radius 3 is 2.95 bits per heavy atom. The van der Waals surface area contributed by atoms with Crippen molar-refractivity contribution in [2.24, 2.45) is 0 Å². The van der Waals surface area contributed by atoms with E-state index in [1.165, 1.54) is 6.20 Å². The molecule has 0 radical (unpaired) electrons. The van der Waals surface area contributed by atoms with Crippen LogP contribution in [0.5, 0.6) is 5.75 Å². The molecule has 1 heterocycles. The first kappa shape index (κ1) is 11.8. The number of esters is 1. The van der Waals surface area contributed by atoms with Gasteiger partial charge in [-0.2, -0.15) is 0 Å². The minimum Gasteiger partial charge on any atom is -0.495 e. The van der Waals surface area contributed by atoms with Crippen molar-refractivity contribution < 1.29 is 18.4 Å². The molecule has 0 spiro atoms. The quantitative estimate of drug-likeness (QED) is 0.771. The number of carbonyl (C=O) groups is 1. The molecular formula is C15H17BrN2O3. The van der Waals surface area contributed by atoms with Gasteiger partial charge in [-0.05, 0) is 25.1 Å². The lowest BCUT2D eigenvalue weighted by atomic mass is 10.3. The van der Waals surface area contributed by atoms with Gasteiger partial charge in [0, 0.05) is 17.1 Å². The Labute approximate surface area is 136 Å². The lowest BCUT2D eigenvalue weighted by Crippen LogP contribution is -2.04. The number of hydrogen-bond acceptors (Lipinski definition) is 4. The number of nitrogens with zero attached hydrogens (tertiary/aromatic N) is 2. The van der Waals surface area contributed by atoms with Crippen LogP contribution in [0, 0.1) is 0 Å². The lowest BCUT2D eigenvalue weighted by Gasteiger charge is -2.11. The van der Waals surface area contributed by atoms with Gasteiger partial charge >= 0.3 is 5.97 Å². The first-order valence-electron chi connectivity index (χ1n) is 7.99. The Kier molecular flexibility index (Phi) is 3.80. The Morgan fingerprint density at radius 2 is 2.29 bits per heavy atom. The summed E-state index contributed by atoms with van der Waals surface area (Å²) in [6, 6.07) is 5.01. The normalized spacial score (nSPS) is 13.2. The van der Waals surface area contributed by atoms with Crippen LogP contribution in [0.1, 0.15) is 34.3 Å². The van der Waals surface area contributed by atoms with Crippen LogP contribution >= 0.6 is 15.9 Å². The molecule has 0 fully saturated rings. The Balaban J connectivity index is 2.53. The highest BCUT2D eigenvalue weighted by Gasteiger charge is 2.17. The average Bonchev–Trinajstić information content (AvgIpc) is 2.90. The highest BCUT2D eigenvalue weighted by atomic mass is 79.9. The number of hydrogen-bond donors (Lipinski definition) is 0. The summed E-state index contributed by atoms with van der Waals surface area (Å²) >= 11 is 3.30. The van der Waals surface area contributed by atoms with Gasteiger partial charge in [0.05, 0.1) is 23.4 Å². The molecule has 0 saturated heterocycles. The third-order valence-corrected chi connectivity index (χ3v) is 3.36. The monoisotopic (exact) mass is 355 g/mol. The summed E-state index contributed by atoms with van der Waals surface area (Å²) in [5.41, 5.74) is 0.644. The molecular weight excluding hydrogens is 336 g/mol. The zero-order chi connectivity index (χ0) is 17.9. The molecule has 0 amide bonds. The maximum atomic E-state index is 11.9. The largest absolute Gasteiger partial charge is 0.495 e. The highest BCUT2D eigenvalue weighted by Crippen LogP contribution is 2.28. The summed E-state index contributed by atoms with van der Waals surface area (Å²) in [5.74, 6) is 0.226. The third kappa shape index (κ3) is 3.26. The van der Waals surface area contributed by atoms with Crippen molar-refractivity contribution in [1.82, 2.24) is 9.55 Å². The first-order valence-corrected chi connectivity index (χ1v) is 7.28. The van der Waals surface area contributed by atoms with Gasteiger partial charge in [-0.25, -0.2) is 9.78 Å². The van der Waals surface area contributed by atoms with Gasteiger partial charge in [-0.15, -0.1) is 0 Å². The molecule has 2 rings (SSSR count). The second-order valence-corrected chi connectivity index (χ2v) is 5.12. The molecule has 0 atom stereocenters. The fourth-order valence-electron chi connectivity index (χ4n) is 1.95. The van der Waals surface area contributed by atoms with Gasteiger partial charge in [0.25, 0.3) is 0 Å². The topological polar surface area (TPSA) is 53.4 Å². The molecule has 6 heteroatoms. The standard InChI is InChI=1S/C15H17BrN2O3/c1-4-14-17-11(15(19)21-5-2)9-18(14)12-7-6-10(16)8-13(12)20-3/h6-9H,4-5H2,1-3H3/i3D3. The van der Waals surface area contributed by atoms with Crippen molar-refractivity contribution in [3.05, 3.63) is 40.4 Å². The zero-order valence-electron chi connectivity index (χ0n) is 14.7. The SMILES string of the molecule is [2H]C([2H])([2H])Oc1cc(Br)ccc1-n1cc(C(=O)OCC)nc1CC. The van der Waals surface area contributed by atoms with E-state index < -0.39 is 13.0 Å². The van der Waals surface area contributed by atoms with E-state index in [1.807, 2.05) is 6.92 Å². The predicted octanol–water partition coefficient (Wildman–Crippen LogP) is 3.38. The Morgan fingerprint density at radius 1 is 1.48 bits per heavy atom. The molecule has 1 aromatic heterocycles. The van der Waals surface area contributed by atoms with Gasteiger partial charge < -0.3 is 9.47 Å². The summed E-state index contributed by atoms with van der Waals surface area (Å²) in [6.07, 6.45) is 2.06. The second-order valence-electron chi connectivity index (χ2n) is 4.20. The number of imidazole rings is 1. The third-order valence-electron chi connectivity index (χ3n) is 2.87. The van der Waals surface area contributed by atoms with Crippen molar-refractivity contribution in [3.8, 4) is 11.4 Å². The summed E-state index contributed by atoms with van der Waals surface area (Å²) < 4.78 is 34.3. The molecule has 0 aliphatic rings. The van der Waals surface area contributed by atoms with E-state index in [0.717, 1.165) is 0 Å². The number of aryl methyl sites for hydroxylation is 1. The maximum Gasteiger partial charge on any atom is 0.358 e. The molecule has 0 aliphatic heterocycles. The van der Waals surface area contributed by atoms with Crippen molar-refractivity contribution in [3.63, 3.8) is 0 Å². The fraction of sp³-hybridized carbons (Fsp3) is 0.333. The summed E-state index contributed by atoms with van der Waals surface area (Å²) in [5, 5.41) is 0. The summed E-state index contributed by atoms with van der Waals surface area (Å²) in [4.78, 5) is 16.2. The number of carbonyl (C=O) groups excluding carboxylic acids is 1. The number of rotatable bonds is 5. The summed E-state index contributed by atoms with van der Waals surface area (Å²) in [7, 11) is -2.59. The number of ether oxygens (including phenoxy) is 2. The van der Waals surface area contributed by atoms with Crippen LogP contribution in [0.3, 0.4) is 0 Å². The van der Waals surface area contributed by atoms with E-state index in [4.69, 9.17) is 13.6 Å². The van der Waals surface area contributed by atoms with E-state index in [-0.39, 0.29) is 18.1 Å². The van der Waals surface area contributed by atoms with Crippen molar-refractivity contribution in [2.75, 3.05) is 13.6 Å². The van der Waals surface area contributed by atoms with E-state index in [1.54, 1.807) is 29.7 Å². The minimum atomic E-state index is -2.59. The van der Waals surface area contributed by atoms with Crippen LogP contribution in [0.2, 0.25) is 0 Å². The number of halogens is 1. The fourth-order valence-corrected chi connectivity index (χ4v) is 2.29. The molecule has 0 aliphatic carbocycles. The predicted molar refractivity (Wildman–Crippen MR) is 83.2 cm³/mol. The molecule has 0 saturated carbocycles. The molecule has 0 bridgehead atoms. The van der Waals surface area contributed by atoms with Crippen LogP contribution < -0.4 is 4.74 Å². The summed E-state index contributed by atoms with van der Waals surface area (Å²) in [6.45, 7) is 3.85. The molecule has 112 valence electrons. The minimum absolute atomic E-state index is 0.159. The van der Waals surface area contributed by atoms with Crippen LogP contribution in [-0.2, 0) is 11.2 Å². The number of methoxy groups -OCH3 is 1. The lowest BCUT2D eigenvalue weighted by molar-refractivity contribution is 0.0520. The molecule has 2 aromatic rings. The average molecular weight is 356 g/mol. The zero-order valence-corrected chi connectivity index (χ0v) is 13.3. The van der Waals surface area contributed by atoms with Gasteiger partial charge in [0.1, 0.15) is 11.6 Å². The van der Waals surface area contributed by atoms with Crippen LogP contribution in [0.4, 0.5) is 0 Å². The molecule has 0 unspecified atom stereocenters. The second kappa shape index (κ2) is 6.76. The van der Waals surface area contributed by atoms with Gasteiger partial charge in [-0.3, -0.25) is 4.57 Å². The van der Waals surface area contributed by atoms with Gasteiger partial charge in [0.15, 0.2) is 5.69 Å². The smallest absolute Gasteiger partial charge is 0.358 e. The maximum absolute atomic E-state index is 11.9. The van der Waals surface area contributed by atoms with Crippen LogP contribution in [0.25, 0.3) is 5.69 Å². The van der Waals surface area contributed by atoms with E-state index in [9.17, 15) is 4.79 Å². The number of benzene rings is 1. The molecule has 5 nitrogen and oxygen atoms in total. The Bertz CT molecular complexity index is 744. The van der Waals surface area contributed by atoms with Crippen molar-refractivity contribution >= 4 is 21.9 Å². The van der Waals surface area contributed by atoms with Crippen molar-refractivity contribution in [2.45, 2.75) is 20.3 Å². The molecule has 1 aromatic carbocycles. The number of aromatic nitrogens is 2. The first-order chi connectivity index (χ1) is 11.2. The Hall–Kier alpha value is -1.82. The molecule has 21 heavy (non-hydrogen) atoms. The molecule has 0 N–H and O–H groups in total. The highest BCUT2D eigenvalue weighted by molar-refractivity contribution is 9.10. The van der Waals surface area contributed by atoms with E-state index in [2.05, 4.69) is 20.9 Å². The van der Waals surface area contributed by atoms with Gasteiger partial charge in [0.2, 0.25) is 0 Å². The van der Waals surface area contributed by atoms with E-state index in [0.29, 0.717) is 22.4 Å². The van der Waals surface area contributed by atoms with Crippen molar-refractivity contribution in [1.29, 1.82) is 0 Å². The van der Waals surface area contributed by atoms with Crippen LogP contribution in [-0.4, -0.2) is 29.2 Å². The van der Waals surface area contributed by atoms with Gasteiger partial charge in [-0.1, -0.05) is 22.9 Å². The van der Waals surface area contributed by atoms with E-state index >= 15 is 0 Å². The van der Waals surface area contributed by atoms with Crippen LogP contribution in [0.15, 0.2) is 28.9 Å².